The van der Waals surface area contributed by atoms with Gasteiger partial charge in [-0.3, -0.25) is 0 Å². The van der Waals surface area contributed by atoms with E-state index in [2.05, 4.69) is 5.32 Å². The van der Waals surface area contributed by atoms with E-state index in [9.17, 15) is 13.6 Å². The Morgan fingerprint density at radius 2 is 1.91 bits per heavy atom. The maximum absolute atomic E-state index is 13.2. The summed E-state index contributed by atoms with van der Waals surface area (Å²) >= 11 is 0. The molecule has 3 rings (SSSR count). The van der Waals surface area contributed by atoms with Crippen LogP contribution in [0.25, 0.3) is 0 Å². The molecule has 0 heterocycles. The molecule has 1 aliphatic carbocycles. The normalized spacial score (nSPS) is 19.5. The number of nitrogens with one attached hydrogen (secondary N) is 1. The van der Waals surface area contributed by atoms with Gasteiger partial charge in [-0.2, -0.15) is 0 Å². The van der Waals surface area contributed by atoms with E-state index < -0.39 is 17.7 Å². The zero-order valence-corrected chi connectivity index (χ0v) is 11.8. The van der Waals surface area contributed by atoms with Crippen molar-refractivity contribution in [1.82, 2.24) is 5.32 Å². The first-order valence-corrected chi connectivity index (χ1v) is 7.05. The second-order valence-corrected chi connectivity index (χ2v) is 5.33. The standard InChI is InChI=1S/C17H15F2NO2/c18-14-7-6-12(8-15(14)19)13-9-16(13)20-17(21)22-10-11-4-2-1-3-5-11/h1-8,13,16H,9-10H2,(H,20,21). The van der Waals surface area contributed by atoms with Gasteiger partial charge in [-0.05, 0) is 29.7 Å². The van der Waals surface area contributed by atoms with Gasteiger partial charge in [0.25, 0.3) is 0 Å². The number of alkyl carbamates (subject to hydrolysis) is 1. The fourth-order valence-electron chi connectivity index (χ4n) is 2.38. The summed E-state index contributed by atoms with van der Waals surface area (Å²) in [6, 6.07) is 13.1. The average molecular weight is 303 g/mol. The molecule has 1 fully saturated rings. The molecule has 114 valence electrons. The second kappa shape index (κ2) is 6.13. The highest BCUT2D eigenvalue weighted by Gasteiger charge is 2.40. The van der Waals surface area contributed by atoms with Crippen molar-refractivity contribution in [2.75, 3.05) is 0 Å². The summed E-state index contributed by atoms with van der Waals surface area (Å²) in [6.07, 6.45) is 0.199. The Balaban J connectivity index is 1.48. The van der Waals surface area contributed by atoms with Crippen LogP contribution in [0.3, 0.4) is 0 Å². The number of benzene rings is 2. The molecule has 0 spiro atoms. The van der Waals surface area contributed by atoms with E-state index >= 15 is 0 Å². The highest BCUT2D eigenvalue weighted by atomic mass is 19.2. The molecule has 5 heteroatoms. The number of amides is 1. The summed E-state index contributed by atoms with van der Waals surface area (Å²) in [4.78, 5) is 11.7. The lowest BCUT2D eigenvalue weighted by atomic mass is 10.1. The third-order valence-corrected chi connectivity index (χ3v) is 3.68. The molecule has 0 radical (unpaired) electrons. The molecule has 1 aliphatic rings. The van der Waals surface area contributed by atoms with Gasteiger partial charge in [0.15, 0.2) is 11.6 Å². The van der Waals surface area contributed by atoms with Gasteiger partial charge in [0.05, 0.1) is 0 Å². The zero-order valence-electron chi connectivity index (χ0n) is 11.8. The number of carbonyl (C=O) groups is 1. The molecule has 22 heavy (non-hydrogen) atoms. The molecule has 0 aliphatic heterocycles. The van der Waals surface area contributed by atoms with Crippen molar-refractivity contribution >= 4 is 6.09 Å². The van der Waals surface area contributed by atoms with Crippen LogP contribution in [0, 0.1) is 11.6 Å². The van der Waals surface area contributed by atoms with Crippen molar-refractivity contribution < 1.29 is 18.3 Å². The minimum absolute atomic E-state index is 0.0133. The Morgan fingerprint density at radius 3 is 2.64 bits per heavy atom. The smallest absolute Gasteiger partial charge is 0.407 e. The number of halogens is 2. The Kier molecular flexibility index (Phi) is 4.04. The van der Waals surface area contributed by atoms with E-state index in [1.807, 2.05) is 30.3 Å². The lowest BCUT2D eigenvalue weighted by molar-refractivity contribution is 0.139. The van der Waals surface area contributed by atoms with E-state index in [1.165, 1.54) is 6.07 Å². The van der Waals surface area contributed by atoms with Crippen molar-refractivity contribution in [3.8, 4) is 0 Å². The molecule has 1 amide bonds. The van der Waals surface area contributed by atoms with Crippen molar-refractivity contribution in [3.63, 3.8) is 0 Å². The summed E-state index contributed by atoms with van der Waals surface area (Å²) in [5.74, 6) is -1.72. The Hall–Kier alpha value is -2.43. The minimum atomic E-state index is -0.866. The predicted molar refractivity (Wildman–Crippen MR) is 77.3 cm³/mol. The molecule has 1 saturated carbocycles. The molecule has 2 aromatic carbocycles. The lowest BCUT2D eigenvalue weighted by Gasteiger charge is -2.07. The number of rotatable bonds is 4. The second-order valence-electron chi connectivity index (χ2n) is 5.33. The van der Waals surface area contributed by atoms with Gasteiger partial charge in [0, 0.05) is 12.0 Å². The van der Waals surface area contributed by atoms with Gasteiger partial charge in [0.2, 0.25) is 0 Å². The summed E-state index contributed by atoms with van der Waals surface area (Å²) in [7, 11) is 0. The van der Waals surface area contributed by atoms with Gasteiger partial charge < -0.3 is 10.1 Å². The molecular formula is C17H15F2NO2. The SMILES string of the molecule is O=C(NC1CC1c1ccc(F)c(F)c1)OCc1ccccc1. The van der Waals surface area contributed by atoms with Crippen LogP contribution in [0.2, 0.25) is 0 Å². The molecule has 3 nitrogen and oxygen atoms in total. The van der Waals surface area contributed by atoms with E-state index in [4.69, 9.17) is 4.74 Å². The maximum Gasteiger partial charge on any atom is 0.407 e. The van der Waals surface area contributed by atoms with E-state index in [0.717, 1.165) is 11.6 Å². The molecule has 2 aromatic rings. The van der Waals surface area contributed by atoms with Crippen molar-refractivity contribution in [3.05, 3.63) is 71.3 Å². The molecular weight excluding hydrogens is 288 g/mol. The van der Waals surface area contributed by atoms with Crippen LogP contribution in [0.15, 0.2) is 48.5 Å². The summed E-state index contributed by atoms with van der Waals surface area (Å²) in [5.41, 5.74) is 1.60. The number of hydrogen-bond donors (Lipinski definition) is 1. The van der Waals surface area contributed by atoms with E-state index in [0.29, 0.717) is 12.0 Å². The van der Waals surface area contributed by atoms with Gasteiger partial charge in [-0.1, -0.05) is 36.4 Å². The van der Waals surface area contributed by atoms with Crippen LogP contribution < -0.4 is 5.32 Å². The highest BCUT2D eigenvalue weighted by Crippen LogP contribution is 2.41. The first-order chi connectivity index (χ1) is 10.6. The molecule has 1 N–H and O–H groups in total. The zero-order chi connectivity index (χ0) is 15.5. The van der Waals surface area contributed by atoms with E-state index in [-0.39, 0.29) is 18.6 Å². The number of ether oxygens (including phenoxy) is 1. The van der Waals surface area contributed by atoms with Crippen LogP contribution >= 0.6 is 0 Å². The highest BCUT2D eigenvalue weighted by molar-refractivity contribution is 5.68. The Morgan fingerprint density at radius 1 is 1.14 bits per heavy atom. The average Bonchev–Trinajstić information content (AvgIpc) is 3.28. The van der Waals surface area contributed by atoms with Crippen molar-refractivity contribution in [1.29, 1.82) is 0 Å². The fourth-order valence-corrected chi connectivity index (χ4v) is 2.38. The Bertz CT molecular complexity index is 676. The molecule has 0 saturated heterocycles. The van der Waals surface area contributed by atoms with Crippen LogP contribution in [0.5, 0.6) is 0 Å². The van der Waals surface area contributed by atoms with Crippen LogP contribution in [-0.2, 0) is 11.3 Å². The van der Waals surface area contributed by atoms with Gasteiger partial charge in [-0.25, -0.2) is 13.6 Å². The van der Waals surface area contributed by atoms with E-state index in [1.54, 1.807) is 6.07 Å². The molecule has 0 aromatic heterocycles. The third kappa shape index (κ3) is 3.42. The van der Waals surface area contributed by atoms with Gasteiger partial charge in [0.1, 0.15) is 6.61 Å². The van der Waals surface area contributed by atoms with Gasteiger partial charge >= 0.3 is 6.09 Å². The molecule has 2 unspecified atom stereocenters. The third-order valence-electron chi connectivity index (χ3n) is 3.68. The fraction of sp³-hybridized carbons (Fsp3) is 0.235. The Labute approximate surface area is 126 Å². The first kappa shape index (κ1) is 14.5. The lowest BCUT2D eigenvalue weighted by Crippen LogP contribution is -2.27. The van der Waals surface area contributed by atoms with Crippen molar-refractivity contribution in [2.24, 2.45) is 0 Å². The van der Waals surface area contributed by atoms with Crippen LogP contribution in [0.1, 0.15) is 23.5 Å². The molecule has 2 atom stereocenters. The summed E-state index contributed by atoms with van der Waals surface area (Å²) < 4.78 is 31.2. The quantitative estimate of drug-likeness (QED) is 0.934. The number of carbonyl (C=O) groups excluding carboxylic acids is 1. The van der Waals surface area contributed by atoms with Crippen LogP contribution in [-0.4, -0.2) is 12.1 Å². The van der Waals surface area contributed by atoms with Gasteiger partial charge in [-0.15, -0.1) is 0 Å². The first-order valence-electron chi connectivity index (χ1n) is 7.05. The largest absolute Gasteiger partial charge is 0.445 e. The number of hydrogen-bond acceptors (Lipinski definition) is 2. The molecule has 0 bridgehead atoms. The predicted octanol–water partition coefficient (Wildman–Crippen LogP) is 3.75. The summed E-state index contributed by atoms with van der Waals surface area (Å²) in [6.45, 7) is 0.204. The summed E-state index contributed by atoms with van der Waals surface area (Å²) in [5, 5.41) is 2.73. The maximum atomic E-state index is 13.2. The monoisotopic (exact) mass is 303 g/mol. The topological polar surface area (TPSA) is 38.3 Å². The minimum Gasteiger partial charge on any atom is -0.445 e. The van der Waals surface area contributed by atoms with Crippen LogP contribution in [0.4, 0.5) is 13.6 Å². The van der Waals surface area contributed by atoms with Crippen molar-refractivity contribution in [2.45, 2.75) is 25.0 Å².